The maximum Gasteiger partial charge on any atom is 0.185 e. The van der Waals surface area contributed by atoms with Crippen LogP contribution in [0.2, 0.25) is 0 Å². The Morgan fingerprint density at radius 3 is 2.67 bits per heavy atom. The van der Waals surface area contributed by atoms with Crippen LogP contribution in [0, 0.1) is 6.92 Å². The standard InChI is InChI=1S/C14H19N3S/c1-11-13(8-9-15)18-14(16-11)17(2)10-12-6-4-3-5-7-12/h3-7H,8-10,15H2,1-2H3. The quantitative estimate of drug-likeness (QED) is 0.899. The van der Waals surface area contributed by atoms with Gasteiger partial charge in [-0.1, -0.05) is 30.3 Å². The van der Waals surface area contributed by atoms with E-state index in [4.69, 9.17) is 5.73 Å². The van der Waals surface area contributed by atoms with Gasteiger partial charge in [-0.3, -0.25) is 0 Å². The number of anilines is 1. The molecule has 96 valence electrons. The lowest BCUT2D eigenvalue weighted by Gasteiger charge is -2.15. The second-order valence-corrected chi connectivity index (χ2v) is 5.45. The van der Waals surface area contributed by atoms with Crippen molar-refractivity contribution >= 4 is 16.5 Å². The molecular weight excluding hydrogens is 242 g/mol. The fourth-order valence-corrected chi connectivity index (χ4v) is 2.90. The monoisotopic (exact) mass is 261 g/mol. The maximum absolute atomic E-state index is 5.60. The van der Waals surface area contributed by atoms with Gasteiger partial charge in [0.2, 0.25) is 0 Å². The molecule has 1 aromatic carbocycles. The van der Waals surface area contributed by atoms with Gasteiger partial charge in [-0.25, -0.2) is 4.98 Å². The van der Waals surface area contributed by atoms with Crippen molar-refractivity contribution in [3.05, 3.63) is 46.5 Å². The van der Waals surface area contributed by atoms with Gasteiger partial charge in [0.25, 0.3) is 0 Å². The van der Waals surface area contributed by atoms with Crippen molar-refractivity contribution in [1.29, 1.82) is 0 Å². The third kappa shape index (κ3) is 3.09. The topological polar surface area (TPSA) is 42.2 Å². The third-order valence-electron chi connectivity index (χ3n) is 2.84. The molecule has 18 heavy (non-hydrogen) atoms. The summed E-state index contributed by atoms with van der Waals surface area (Å²) >= 11 is 1.75. The molecule has 0 aliphatic rings. The fraction of sp³-hybridized carbons (Fsp3) is 0.357. The van der Waals surface area contributed by atoms with Gasteiger partial charge >= 0.3 is 0 Å². The lowest BCUT2D eigenvalue weighted by molar-refractivity contribution is 0.908. The first kappa shape index (κ1) is 13.1. The number of hydrogen-bond donors (Lipinski definition) is 1. The summed E-state index contributed by atoms with van der Waals surface area (Å²) in [6.07, 6.45) is 0.919. The zero-order valence-electron chi connectivity index (χ0n) is 10.9. The second-order valence-electron chi connectivity index (χ2n) is 4.39. The number of aryl methyl sites for hydroxylation is 1. The SMILES string of the molecule is Cc1nc(N(C)Cc2ccccc2)sc1CCN. The second kappa shape index (κ2) is 5.98. The summed E-state index contributed by atoms with van der Waals surface area (Å²) in [6.45, 7) is 3.63. The van der Waals surface area contributed by atoms with E-state index >= 15 is 0 Å². The normalized spacial score (nSPS) is 10.6. The van der Waals surface area contributed by atoms with Gasteiger partial charge in [0, 0.05) is 18.5 Å². The van der Waals surface area contributed by atoms with E-state index in [9.17, 15) is 0 Å². The van der Waals surface area contributed by atoms with E-state index in [-0.39, 0.29) is 0 Å². The largest absolute Gasteiger partial charge is 0.347 e. The van der Waals surface area contributed by atoms with Gasteiger partial charge in [-0.15, -0.1) is 11.3 Å². The molecule has 2 aromatic rings. The highest BCUT2D eigenvalue weighted by Crippen LogP contribution is 2.26. The predicted molar refractivity (Wildman–Crippen MR) is 78.2 cm³/mol. The Morgan fingerprint density at radius 1 is 1.28 bits per heavy atom. The first-order valence-corrected chi connectivity index (χ1v) is 6.94. The van der Waals surface area contributed by atoms with Crippen molar-refractivity contribution in [2.45, 2.75) is 19.9 Å². The minimum Gasteiger partial charge on any atom is -0.347 e. The van der Waals surface area contributed by atoms with Crippen LogP contribution in [-0.2, 0) is 13.0 Å². The highest BCUT2D eigenvalue weighted by Gasteiger charge is 2.10. The summed E-state index contributed by atoms with van der Waals surface area (Å²) in [5, 5.41) is 1.07. The molecule has 0 radical (unpaired) electrons. The van der Waals surface area contributed by atoms with Gasteiger partial charge in [0.15, 0.2) is 5.13 Å². The summed E-state index contributed by atoms with van der Waals surface area (Å²) in [7, 11) is 2.08. The summed E-state index contributed by atoms with van der Waals surface area (Å²) in [5.74, 6) is 0. The minimum absolute atomic E-state index is 0.685. The maximum atomic E-state index is 5.60. The Bertz CT molecular complexity index is 493. The van der Waals surface area contributed by atoms with Crippen LogP contribution >= 0.6 is 11.3 Å². The number of aromatic nitrogens is 1. The van der Waals surface area contributed by atoms with Crippen molar-refractivity contribution in [1.82, 2.24) is 4.98 Å². The fourth-order valence-electron chi connectivity index (χ4n) is 1.86. The van der Waals surface area contributed by atoms with Gasteiger partial charge in [0.05, 0.1) is 5.69 Å². The molecule has 0 atom stereocenters. The van der Waals surface area contributed by atoms with E-state index in [0.29, 0.717) is 6.54 Å². The number of benzene rings is 1. The first-order chi connectivity index (χ1) is 8.70. The van der Waals surface area contributed by atoms with Crippen LogP contribution in [0.4, 0.5) is 5.13 Å². The Balaban J connectivity index is 2.09. The van der Waals surface area contributed by atoms with E-state index < -0.39 is 0 Å². The van der Waals surface area contributed by atoms with Crippen molar-refractivity contribution in [3.63, 3.8) is 0 Å². The molecule has 0 amide bonds. The summed E-state index contributed by atoms with van der Waals surface area (Å²) in [5.41, 5.74) is 8.01. The number of thiazole rings is 1. The number of nitrogens with two attached hydrogens (primary N) is 1. The van der Waals surface area contributed by atoms with E-state index in [2.05, 4.69) is 48.1 Å². The predicted octanol–water partition coefficient (Wildman–Crippen LogP) is 2.59. The molecule has 0 aliphatic heterocycles. The lowest BCUT2D eigenvalue weighted by atomic mass is 10.2. The smallest absolute Gasteiger partial charge is 0.185 e. The molecule has 0 saturated carbocycles. The molecule has 3 nitrogen and oxygen atoms in total. The van der Waals surface area contributed by atoms with E-state index in [1.807, 2.05) is 6.07 Å². The van der Waals surface area contributed by atoms with E-state index in [1.54, 1.807) is 11.3 Å². The number of nitrogens with zero attached hydrogens (tertiary/aromatic N) is 2. The molecule has 0 fully saturated rings. The molecule has 2 rings (SSSR count). The summed E-state index contributed by atoms with van der Waals surface area (Å²) < 4.78 is 0. The summed E-state index contributed by atoms with van der Waals surface area (Å²) in [6, 6.07) is 10.4. The molecule has 0 spiro atoms. The minimum atomic E-state index is 0.685. The average Bonchev–Trinajstić information content (AvgIpc) is 2.73. The third-order valence-corrected chi connectivity index (χ3v) is 4.17. The van der Waals surface area contributed by atoms with E-state index in [0.717, 1.165) is 23.8 Å². The van der Waals surface area contributed by atoms with Crippen LogP contribution in [-0.4, -0.2) is 18.6 Å². The van der Waals surface area contributed by atoms with Crippen molar-refractivity contribution in [2.75, 3.05) is 18.5 Å². The Hall–Kier alpha value is -1.39. The molecular formula is C14H19N3S. The molecule has 0 saturated heterocycles. The van der Waals surface area contributed by atoms with Crippen molar-refractivity contribution in [2.24, 2.45) is 5.73 Å². The van der Waals surface area contributed by atoms with Crippen molar-refractivity contribution in [3.8, 4) is 0 Å². The zero-order valence-corrected chi connectivity index (χ0v) is 11.7. The molecule has 4 heteroatoms. The molecule has 0 bridgehead atoms. The molecule has 2 N–H and O–H groups in total. The van der Waals surface area contributed by atoms with Crippen LogP contribution in [0.1, 0.15) is 16.1 Å². The van der Waals surface area contributed by atoms with Crippen LogP contribution in [0.3, 0.4) is 0 Å². The van der Waals surface area contributed by atoms with Crippen LogP contribution in [0.15, 0.2) is 30.3 Å². The van der Waals surface area contributed by atoms with Crippen LogP contribution in [0.25, 0.3) is 0 Å². The van der Waals surface area contributed by atoms with E-state index in [1.165, 1.54) is 10.4 Å². The van der Waals surface area contributed by atoms with Gasteiger partial charge in [0.1, 0.15) is 0 Å². The lowest BCUT2D eigenvalue weighted by Crippen LogP contribution is -2.15. The van der Waals surface area contributed by atoms with Crippen LogP contribution in [0.5, 0.6) is 0 Å². The zero-order chi connectivity index (χ0) is 13.0. The Kier molecular flexibility index (Phi) is 4.33. The highest BCUT2D eigenvalue weighted by molar-refractivity contribution is 7.15. The Labute approximate surface area is 112 Å². The summed E-state index contributed by atoms with van der Waals surface area (Å²) in [4.78, 5) is 8.10. The Morgan fingerprint density at radius 2 is 2.00 bits per heavy atom. The van der Waals surface area contributed by atoms with Gasteiger partial charge in [-0.2, -0.15) is 0 Å². The van der Waals surface area contributed by atoms with Gasteiger partial charge in [-0.05, 0) is 25.5 Å². The molecule has 1 aromatic heterocycles. The molecule has 1 heterocycles. The first-order valence-electron chi connectivity index (χ1n) is 6.12. The average molecular weight is 261 g/mol. The number of rotatable bonds is 5. The number of hydrogen-bond acceptors (Lipinski definition) is 4. The molecule has 0 aliphatic carbocycles. The molecule has 0 unspecified atom stereocenters. The van der Waals surface area contributed by atoms with Crippen molar-refractivity contribution < 1.29 is 0 Å². The van der Waals surface area contributed by atoms with Gasteiger partial charge < -0.3 is 10.6 Å². The van der Waals surface area contributed by atoms with Crippen LogP contribution < -0.4 is 10.6 Å². The highest BCUT2D eigenvalue weighted by atomic mass is 32.1.